The molecule has 1 fully saturated rings. The third-order valence-electron chi connectivity index (χ3n) is 2.34. The van der Waals surface area contributed by atoms with E-state index in [1.165, 1.54) is 0 Å². The van der Waals surface area contributed by atoms with Gasteiger partial charge in [0.25, 0.3) is 0 Å². The van der Waals surface area contributed by atoms with Gasteiger partial charge in [-0.15, -0.1) is 0 Å². The number of nitrogens with one attached hydrogen (secondary N) is 2. The van der Waals surface area contributed by atoms with Crippen molar-refractivity contribution in [2.24, 2.45) is 0 Å². The van der Waals surface area contributed by atoms with E-state index >= 15 is 0 Å². The first-order valence-corrected chi connectivity index (χ1v) is 4.85. The van der Waals surface area contributed by atoms with Gasteiger partial charge in [0, 0.05) is 25.8 Å². The minimum Gasteiger partial charge on any atom is -0.312 e. The predicted molar refractivity (Wildman–Crippen MR) is 52.7 cm³/mol. The van der Waals surface area contributed by atoms with Crippen molar-refractivity contribution < 1.29 is 4.39 Å². The first-order chi connectivity index (χ1) is 6.86. The second-order valence-electron chi connectivity index (χ2n) is 3.47. The molecule has 0 aromatic carbocycles. The van der Waals surface area contributed by atoms with Crippen LogP contribution >= 0.6 is 0 Å². The van der Waals surface area contributed by atoms with Crippen LogP contribution in [0.4, 0.5) is 4.39 Å². The summed E-state index contributed by atoms with van der Waals surface area (Å²) in [5, 5.41) is 6.22. The molecule has 0 radical (unpaired) electrons. The van der Waals surface area contributed by atoms with Crippen molar-refractivity contribution in [2.75, 3.05) is 19.6 Å². The van der Waals surface area contributed by atoms with Gasteiger partial charge in [-0.1, -0.05) is 6.07 Å². The summed E-state index contributed by atoms with van der Waals surface area (Å²) in [5.74, 6) is 0. The molecule has 14 heavy (non-hydrogen) atoms. The highest BCUT2D eigenvalue weighted by atomic mass is 19.1. The van der Waals surface area contributed by atoms with Gasteiger partial charge in [-0.2, -0.15) is 0 Å². The van der Waals surface area contributed by atoms with Gasteiger partial charge in [0.2, 0.25) is 0 Å². The lowest BCUT2D eigenvalue weighted by Crippen LogP contribution is -2.28. The Labute approximate surface area is 82.7 Å². The number of hydrogen-bond acceptors (Lipinski definition) is 3. The summed E-state index contributed by atoms with van der Waals surface area (Å²) in [6.45, 7) is 1.56. The van der Waals surface area contributed by atoms with Crippen LogP contribution in [0.25, 0.3) is 0 Å². The topological polar surface area (TPSA) is 37.0 Å². The lowest BCUT2D eigenvalue weighted by Gasteiger charge is -2.14. The van der Waals surface area contributed by atoms with Crippen LogP contribution < -0.4 is 10.6 Å². The average Bonchev–Trinajstić information content (AvgIpc) is 2.44. The van der Waals surface area contributed by atoms with Crippen molar-refractivity contribution in [3.63, 3.8) is 0 Å². The van der Waals surface area contributed by atoms with Crippen LogP contribution in [0.2, 0.25) is 0 Å². The largest absolute Gasteiger partial charge is 0.312 e. The summed E-state index contributed by atoms with van der Waals surface area (Å²) in [5.41, 5.74) is 0.967. The van der Waals surface area contributed by atoms with Crippen molar-refractivity contribution in [1.82, 2.24) is 15.6 Å². The van der Waals surface area contributed by atoms with Crippen LogP contribution in [0.3, 0.4) is 0 Å². The lowest BCUT2D eigenvalue weighted by atomic mass is 10.2. The van der Waals surface area contributed by atoms with Gasteiger partial charge in [0.05, 0.1) is 11.7 Å². The van der Waals surface area contributed by atoms with E-state index in [-0.39, 0.29) is 6.04 Å². The maximum atomic E-state index is 13.0. The molecule has 4 heteroatoms. The van der Waals surface area contributed by atoms with Gasteiger partial charge in [0.1, 0.15) is 6.17 Å². The number of hydrogen-bond donors (Lipinski definition) is 2. The van der Waals surface area contributed by atoms with Crippen LogP contribution in [0, 0.1) is 0 Å². The Kier molecular flexibility index (Phi) is 3.06. The molecule has 1 aliphatic rings. The van der Waals surface area contributed by atoms with Crippen molar-refractivity contribution in [3.8, 4) is 0 Å². The Balaban J connectivity index is 2.04. The number of nitrogens with zero attached hydrogens (tertiary/aromatic N) is 1. The van der Waals surface area contributed by atoms with Gasteiger partial charge in [0.15, 0.2) is 0 Å². The Morgan fingerprint density at radius 3 is 3.00 bits per heavy atom. The normalized spacial score (nSPS) is 28.4. The second kappa shape index (κ2) is 4.48. The van der Waals surface area contributed by atoms with Gasteiger partial charge >= 0.3 is 0 Å². The van der Waals surface area contributed by atoms with E-state index in [4.69, 9.17) is 0 Å². The van der Waals surface area contributed by atoms with Crippen molar-refractivity contribution >= 4 is 0 Å². The van der Waals surface area contributed by atoms with Crippen LogP contribution in [0.1, 0.15) is 11.7 Å². The van der Waals surface area contributed by atoms with E-state index in [0.717, 1.165) is 12.2 Å². The van der Waals surface area contributed by atoms with Crippen LogP contribution in [-0.2, 0) is 0 Å². The molecule has 2 atom stereocenters. The molecular weight excluding hydrogens is 181 g/mol. The minimum absolute atomic E-state index is 0.122. The number of halogens is 1. The van der Waals surface area contributed by atoms with E-state index in [1.807, 2.05) is 18.2 Å². The third kappa shape index (κ3) is 2.27. The lowest BCUT2D eigenvalue weighted by molar-refractivity contribution is 0.325. The van der Waals surface area contributed by atoms with E-state index in [9.17, 15) is 4.39 Å². The Morgan fingerprint density at radius 2 is 2.21 bits per heavy atom. The fourth-order valence-electron chi connectivity index (χ4n) is 1.59. The van der Waals surface area contributed by atoms with E-state index in [0.29, 0.717) is 13.1 Å². The van der Waals surface area contributed by atoms with Crippen molar-refractivity contribution in [2.45, 2.75) is 12.2 Å². The third-order valence-corrected chi connectivity index (χ3v) is 2.34. The molecule has 2 unspecified atom stereocenters. The molecular formula is C10H14FN3. The molecule has 1 aromatic rings. The fraction of sp³-hybridized carbons (Fsp3) is 0.500. The fourth-order valence-corrected chi connectivity index (χ4v) is 1.59. The number of pyridine rings is 1. The zero-order chi connectivity index (χ0) is 9.80. The van der Waals surface area contributed by atoms with Crippen molar-refractivity contribution in [3.05, 3.63) is 30.1 Å². The maximum Gasteiger partial charge on any atom is 0.125 e. The molecule has 1 aliphatic heterocycles. The standard InChI is InChI=1S/C10H14FN3/c11-8-5-12-7-10(14-6-8)9-3-1-2-4-13-9/h1-4,8,10,12,14H,5-7H2. The molecule has 0 bridgehead atoms. The highest BCUT2D eigenvalue weighted by Gasteiger charge is 2.18. The summed E-state index contributed by atoms with van der Waals surface area (Å²) in [7, 11) is 0. The molecule has 76 valence electrons. The molecule has 2 rings (SSSR count). The highest BCUT2D eigenvalue weighted by Crippen LogP contribution is 2.10. The van der Waals surface area contributed by atoms with E-state index in [2.05, 4.69) is 15.6 Å². The van der Waals surface area contributed by atoms with Crippen LogP contribution in [0.5, 0.6) is 0 Å². The number of rotatable bonds is 1. The Morgan fingerprint density at radius 1 is 1.29 bits per heavy atom. The monoisotopic (exact) mass is 195 g/mol. The van der Waals surface area contributed by atoms with Crippen LogP contribution in [0.15, 0.2) is 24.4 Å². The molecule has 3 nitrogen and oxygen atoms in total. The molecule has 1 aromatic heterocycles. The zero-order valence-electron chi connectivity index (χ0n) is 7.91. The molecule has 0 aliphatic carbocycles. The summed E-state index contributed by atoms with van der Waals surface area (Å²) in [4.78, 5) is 4.24. The average molecular weight is 195 g/mol. The molecule has 2 N–H and O–H groups in total. The SMILES string of the molecule is FC1CNCC(c2ccccn2)NC1. The summed E-state index contributed by atoms with van der Waals surface area (Å²) >= 11 is 0. The zero-order valence-corrected chi connectivity index (χ0v) is 7.91. The van der Waals surface area contributed by atoms with Gasteiger partial charge in [-0.25, -0.2) is 4.39 Å². The minimum atomic E-state index is -0.802. The van der Waals surface area contributed by atoms with Gasteiger partial charge < -0.3 is 10.6 Å². The van der Waals surface area contributed by atoms with E-state index < -0.39 is 6.17 Å². The number of alkyl halides is 1. The molecule has 0 amide bonds. The highest BCUT2D eigenvalue weighted by molar-refractivity contribution is 5.09. The van der Waals surface area contributed by atoms with E-state index in [1.54, 1.807) is 6.20 Å². The molecule has 2 heterocycles. The summed E-state index contributed by atoms with van der Waals surface area (Å²) in [6, 6.07) is 5.91. The molecule has 0 saturated carbocycles. The van der Waals surface area contributed by atoms with Gasteiger partial charge in [-0.3, -0.25) is 4.98 Å². The van der Waals surface area contributed by atoms with Crippen LogP contribution in [-0.4, -0.2) is 30.8 Å². The molecule has 0 spiro atoms. The number of aromatic nitrogens is 1. The summed E-state index contributed by atoms with van der Waals surface area (Å²) in [6.07, 6.45) is 0.957. The smallest absolute Gasteiger partial charge is 0.125 e. The molecule has 1 saturated heterocycles. The summed E-state index contributed by atoms with van der Waals surface area (Å²) < 4.78 is 13.0. The first-order valence-electron chi connectivity index (χ1n) is 4.85. The predicted octanol–water partition coefficient (Wildman–Crippen LogP) is 0.654. The van der Waals surface area contributed by atoms with Gasteiger partial charge in [-0.05, 0) is 12.1 Å². The quantitative estimate of drug-likeness (QED) is 0.691. The Hall–Kier alpha value is -1.00. The second-order valence-corrected chi connectivity index (χ2v) is 3.47. The first kappa shape index (κ1) is 9.55. The maximum absolute atomic E-state index is 13.0. The van der Waals surface area contributed by atoms with Crippen molar-refractivity contribution in [1.29, 1.82) is 0 Å². The Bertz CT molecular complexity index is 278.